The fourth-order valence-corrected chi connectivity index (χ4v) is 3.49. The van der Waals surface area contributed by atoms with Gasteiger partial charge >= 0.3 is 5.69 Å². The van der Waals surface area contributed by atoms with E-state index in [1.165, 1.54) is 11.6 Å². The van der Waals surface area contributed by atoms with E-state index in [0.29, 0.717) is 30.1 Å². The molecule has 4 rings (SSSR count). The van der Waals surface area contributed by atoms with E-state index in [2.05, 4.69) is 15.5 Å². The van der Waals surface area contributed by atoms with Crippen LogP contribution in [0.5, 0.6) is 5.75 Å². The molecule has 9 heteroatoms. The van der Waals surface area contributed by atoms with E-state index in [1.807, 2.05) is 54.6 Å². The van der Waals surface area contributed by atoms with Crippen molar-refractivity contribution < 1.29 is 4.74 Å². The van der Waals surface area contributed by atoms with Gasteiger partial charge in [-0.25, -0.2) is 10.2 Å². The Balaban J connectivity index is 1.71. The first-order valence-electron chi connectivity index (χ1n) is 10.1. The van der Waals surface area contributed by atoms with Gasteiger partial charge in [-0.15, -0.1) is 0 Å². The summed E-state index contributed by atoms with van der Waals surface area (Å²) in [6.07, 6.45) is 2.34. The Morgan fingerprint density at radius 3 is 2.44 bits per heavy atom. The third kappa shape index (κ3) is 4.04. The molecule has 0 aliphatic heterocycles. The minimum atomic E-state index is -0.427. The van der Waals surface area contributed by atoms with Crippen LogP contribution < -0.4 is 21.4 Å². The maximum absolute atomic E-state index is 12.9. The SMILES string of the molecule is COc1ccc(/C=N/Nc2nc3c(c(=O)n(C)c(=O)n3C)n2CCc2ccccc2)cc1. The van der Waals surface area contributed by atoms with Crippen LogP contribution in [0.3, 0.4) is 0 Å². The smallest absolute Gasteiger partial charge is 0.332 e. The largest absolute Gasteiger partial charge is 0.497 e. The lowest BCUT2D eigenvalue weighted by atomic mass is 10.1. The molecule has 0 radical (unpaired) electrons. The minimum absolute atomic E-state index is 0.313. The van der Waals surface area contributed by atoms with Gasteiger partial charge in [0.25, 0.3) is 5.56 Å². The predicted octanol–water partition coefficient (Wildman–Crippen LogP) is 2.13. The number of fused-ring (bicyclic) bond motifs is 1. The van der Waals surface area contributed by atoms with Crippen molar-refractivity contribution in [1.29, 1.82) is 0 Å². The lowest BCUT2D eigenvalue weighted by Gasteiger charge is -2.09. The van der Waals surface area contributed by atoms with Crippen LogP contribution in [0, 0.1) is 0 Å². The highest BCUT2D eigenvalue weighted by Crippen LogP contribution is 2.17. The maximum Gasteiger partial charge on any atom is 0.332 e. The highest BCUT2D eigenvalue weighted by molar-refractivity contribution is 5.80. The van der Waals surface area contributed by atoms with Crippen LogP contribution in [-0.4, -0.2) is 32.0 Å². The van der Waals surface area contributed by atoms with Crippen molar-refractivity contribution in [2.24, 2.45) is 19.2 Å². The highest BCUT2D eigenvalue weighted by atomic mass is 16.5. The molecule has 0 saturated heterocycles. The zero-order chi connectivity index (χ0) is 22.7. The van der Waals surface area contributed by atoms with Gasteiger partial charge in [0.05, 0.1) is 13.3 Å². The monoisotopic (exact) mass is 432 g/mol. The molecule has 0 atom stereocenters. The predicted molar refractivity (Wildman–Crippen MR) is 125 cm³/mol. The second-order valence-electron chi connectivity index (χ2n) is 7.34. The van der Waals surface area contributed by atoms with Crippen molar-refractivity contribution in [1.82, 2.24) is 18.7 Å². The number of nitrogens with one attached hydrogen (secondary N) is 1. The number of nitrogens with zero attached hydrogens (tertiary/aromatic N) is 5. The summed E-state index contributed by atoms with van der Waals surface area (Å²) in [5.41, 5.74) is 4.78. The fraction of sp³-hybridized carbons (Fsp3) is 0.217. The summed E-state index contributed by atoms with van der Waals surface area (Å²) in [5, 5.41) is 4.29. The van der Waals surface area contributed by atoms with Gasteiger partial charge in [-0.2, -0.15) is 10.1 Å². The first kappa shape index (κ1) is 21.1. The average molecular weight is 432 g/mol. The molecule has 32 heavy (non-hydrogen) atoms. The average Bonchev–Trinajstić information content (AvgIpc) is 3.19. The van der Waals surface area contributed by atoms with Crippen molar-refractivity contribution in [3.05, 3.63) is 86.6 Å². The Morgan fingerprint density at radius 2 is 1.75 bits per heavy atom. The molecule has 0 bridgehead atoms. The Hall–Kier alpha value is -4.14. The van der Waals surface area contributed by atoms with Gasteiger partial charge in [0, 0.05) is 20.6 Å². The molecular weight excluding hydrogens is 408 g/mol. The molecule has 4 aromatic rings. The number of hydrogen-bond donors (Lipinski definition) is 1. The maximum atomic E-state index is 12.9. The highest BCUT2D eigenvalue weighted by Gasteiger charge is 2.18. The number of aryl methyl sites for hydroxylation is 3. The molecule has 2 aromatic carbocycles. The van der Waals surface area contributed by atoms with Crippen molar-refractivity contribution in [3.8, 4) is 5.75 Å². The Kier molecular flexibility index (Phi) is 5.89. The van der Waals surface area contributed by atoms with Crippen molar-refractivity contribution in [2.45, 2.75) is 13.0 Å². The fourth-order valence-electron chi connectivity index (χ4n) is 3.49. The Morgan fingerprint density at radius 1 is 1.03 bits per heavy atom. The number of ether oxygens (including phenoxy) is 1. The van der Waals surface area contributed by atoms with E-state index in [9.17, 15) is 9.59 Å². The summed E-state index contributed by atoms with van der Waals surface area (Å²) in [6, 6.07) is 17.4. The van der Waals surface area contributed by atoms with Gasteiger partial charge in [0.1, 0.15) is 5.75 Å². The van der Waals surface area contributed by atoms with Crippen LogP contribution in [0.4, 0.5) is 5.95 Å². The van der Waals surface area contributed by atoms with Gasteiger partial charge < -0.3 is 9.30 Å². The standard InChI is InChI=1S/C23H24N6O3/c1-27-20-19(21(30)28(2)23(27)31)29(14-13-16-7-5-4-6-8-16)22(25-20)26-24-15-17-9-11-18(32-3)12-10-17/h4-12,15H,13-14H2,1-3H3,(H,25,26)/b24-15+. The van der Waals surface area contributed by atoms with E-state index in [0.717, 1.165) is 21.4 Å². The third-order valence-corrected chi connectivity index (χ3v) is 5.31. The second-order valence-corrected chi connectivity index (χ2v) is 7.34. The molecule has 0 saturated carbocycles. The molecule has 0 unspecified atom stereocenters. The van der Waals surface area contributed by atoms with Crippen LogP contribution in [0.2, 0.25) is 0 Å². The number of methoxy groups -OCH3 is 1. The molecule has 2 aromatic heterocycles. The Labute approximate surface area is 184 Å². The van der Waals surface area contributed by atoms with E-state index in [1.54, 1.807) is 24.9 Å². The summed E-state index contributed by atoms with van der Waals surface area (Å²) in [5.74, 6) is 1.15. The third-order valence-electron chi connectivity index (χ3n) is 5.31. The van der Waals surface area contributed by atoms with Gasteiger partial charge in [-0.1, -0.05) is 30.3 Å². The van der Waals surface area contributed by atoms with E-state index in [4.69, 9.17) is 4.74 Å². The van der Waals surface area contributed by atoms with Crippen LogP contribution in [0.25, 0.3) is 11.2 Å². The molecule has 0 aliphatic rings. The van der Waals surface area contributed by atoms with Gasteiger partial charge in [0.15, 0.2) is 11.2 Å². The summed E-state index contributed by atoms with van der Waals surface area (Å²) >= 11 is 0. The number of anilines is 1. The normalized spacial score (nSPS) is 11.3. The van der Waals surface area contributed by atoms with Crippen LogP contribution in [-0.2, 0) is 27.1 Å². The van der Waals surface area contributed by atoms with Gasteiger partial charge in [0.2, 0.25) is 5.95 Å². The number of imidazole rings is 1. The van der Waals surface area contributed by atoms with E-state index in [-0.39, 0.29) is 0 Å². The van der Waals surface area contributed by atoms with Crippen molar-refractivity contribution in [3.63, 3.8) is 0 Å². The molecule has 9 nitrogen and oxygen atoms in total. The van der Waals surface area contributed by atoms with Crippen LogP contribution >= 0.6 is 0 Å². The zero-order valence-electron chi connectivity index (χ0n) is 18.1. The van der Waals surface area contributed by atoms with Crippen molar-refractivity contribution in [2.75, 3.05) is 12.5 Å². The van der Waals surface area contributed by atoms with Gasteiger partial charge in [-0.05, 0) is 41.8 Å². The lowest BCUT2D eigenvalue weighted by molar-refractivity contribution is 0.415. The number of hydrazone groups is 1. The quantitative estimate of drug-likeness (QED) is 0.357. The summed E-state index contributed by atoms with van der Waals surface area (Å²) in [6.45, 7) is 0.494. The topological polar surface area (TPSA) is 95.4 Å². The Bertz CT molecular complexity index is 1380. The molecule has 0 fully saturated rings. The molecule has 0 aliphatic carbocycles. The molecule has 2 heterocycles. The molecule has 0 amide bonds. The van der Waals surface area contributed by atoms with Crippen molar-refractivity contribution >= 4 is 23.3 Å². The first-order chi connectivity index (χ1) is 15.5. The summed E-state index contributed by atoms with van der Waals surface area (Å²) < 4.78 is 9.40. The van der Waals surface area contributed by atoms with Gasteiger partial charge in [-0.3, -0.25) is 13.9 Å². The minimum Gasteiger partial charge on any atom is -0.497 e. The van der Waals surface area contributed by atoms with Crippen LogP contribution in [0.1, 0.15) is 11.1 Å². The molecule has 1 N–H and O–H groups in total. The lowest BCUT2D eigenvalue weighted by Crippen LogP contribution is -2.37. The second kappa shape index (κ2) is 8.93. The molecular formula is C23H24N6O3. The molecule has 164 valence electrons. The summed E-state index contributed by atoms with van der Waals surface area (Å²) in [7, 11) is 4.68. The number of rotatable bonds is 7. The first-order valence-corrected chi connectivity index (χ1v) is 10.1. The number of benzene rings is 2. The summed E-state index contributed by atoms with van der Waals surface area (Å²) in [4.78, 5) is 29.8. The van der Waals surface area contributed by atoms with Crippen LogP contribution in [0.15, 0.2) is 69.3 Å². The number of hydrogen-bond acceptors (Lipinski definition) is 6. The molecule has 0 spiro atoms. The van der Waals surface area contributed by atoms with E-state index < -0.39 is 11.2 Å². The van der Waals surface area contributed by atoms with E-state index >= 15 is 0 Å². The number of aromatic nitrogens is 4. The zero-order valence-corrected chi connectivity index (χ0v) is 18.1.